The Bertz CT molecular complexity index is 845. The molecule has 5 heteroatoms. The summed E-state index contributed by atoms with van der Waals surface area (Å²) in [7, 11) is 1.43. The van der Waals surface area contributed by atoms with Crippen LogP contribution in [0.25, 0.3) is 10.9 Å². The highest BCUT2D eigenvalue weighted by atomic mass is 16.5. The van der Waals surface area contributed by atoms with Crippen molar-refractivity contribution in [1.82, 2.24) is 9.88 Å². The summed E-state index contributed by atoms with van der Waals surface area (Å²) in [6, 6.07) is 8.83. The fourth-order valence-electron chi connectivity index (χ4n) is 5.80. The molecule has 0 unspecified atom stereocenters. The Morgan fingerprint density at radius 1 is 1.31 bits per heavy atom. The number of aromatic nitrogens is 1. The highest BCUT2D eigenvalue weighted by Crippen LogP contribution is 2.49. The molecule has 1 aliphatic carbocycles. The van der Waals surface area contributed by atoms with Crippen molar-refractivity contribution in [3.63, 3.8) is 0 Å². The first kappa shape index (κ1) is 16.3. The number of aliphatic hydroxyl groups is 1. The maximum Gasteiger partial charge on any atom is 0.311 e. The first-order chi connectivity index (χ1) is 12.7. The quantitative estimate of drug-likeness (QED) is 0.773. The number of nitrogens with one attached hydrogen (secondary N) is 1. The number of nitrogens with zero attached hydrogens (tertiary/aromatic N) is 1. The number of carbonyl (C=O) groups is 1. The van der Waals surface area contributed by atoms with Gasteiger partial charge in [0.2, 0.25) is 0 Å². The van der Waals surface area contributed by atoms with Crippen LogP contribution in [-0.4, -0.2) is 47.3 Å². The van der Waals surface area contributed by atoms with Crippen molar-refractivity contribution in [2.24, 2.45) is 17.8 Å². The van der Waals surface area contributed by atoms with Crippen LogP contribution in [0.1, 0.15) is 36.6 Å². The fourth-order valence-corrected chi connectivity index (χ4v) is 5.80. The number of ether oxygens (including phenoxy) is 1. The molecule has 2 aliphatic heterocycles. The summed E-state index contributed by atoms with van der Waals surface area (Å²) in [5, 5.41) is 11.8. The molecule has 3 aliphatic rings. The minimum Gasteiger partial charge on any atom is -0.469 e. The van der Waals surface area contributed by atoms with Gasteiger partial charge in [0, 0.05) is 29.7 Å². The lowest BCUT2D eigenvalue weighted by atomic mass is 9.65. The summed E-state index contributed by atoms with van der Waals surface area (Å²) in [5.41, 5.74) is 3.96. The van der Waals surface area contributed by atoms with Crippen LogP contribution in [0.5, 0.6) is 0 Å². The van der Waals surface area contributed by atoms with Crippen LogP contribution in [-0.2, 0) is 16.0 Å². The van der Waals surface area contributed by atoms with E-state index in [9.17, 15) is 9.90 Å². The molecule has 3 heterocycles. The molecule has 1 saturated heterocycles. The van der Waals surface area contributed by atoms with E-state index in [0.717, 1.165) is 32.4 Å². The van der Waals surface area contributed by atoms with Crippen LogP contribution >= 0.6 is 0 Å². The van der Waals surface area contributed by atoms with E-state index in [1.54, 1.807) is 0 Å². The van der Waals surface area contributed by atoms with E-state index in [-0.39, 0.29) is 17.8 Å². The predicted molar refractivity (Wildman–Crippen MR) is 98.7 cm³/mol. The number of methoxy groups -OCH3 is 1. The second-order valence-electron chi connectivity index (χ2n) is 8.18. The molecule has 0 amide bonds. The molecule has 0 bridgehead atoms. The molecule has 5 atom stereocenters. The summed E-state index contributed by atoms with van der Waals surface area (Å²) in [5.74, 6) is 0.0541. The third kappa shape index (κ3) is 2.33. The zero-order chi connectivity index (χ0) is 17.8. The molecule has 2 aromatic rings. The largest absolute Gasteiger partial charge is 0.469 e. The minimum absolute atomic E-state index is 0.199. The van der Waals surface area contributed by atoms with Gasteiger partial charge in [-0.05, 0) is 49.1 Å². The van der Waals surface area contributed by atoms with Gasteiger partial charge in [0.15, 0.2) is 0 Å². The molecule has 0 spiro atoms. The van der Waals surface area contributed by atoms with E-state index in [1.807, 2.05) is 0 Å². The van der Waals surface area contributed by atoms with Crippen LogP contribution in [0.4, 0.5) is 0 Å². The van der Waals surface area contributed by atoms with Crippen LogP contribution in [0.2, 0.25) is 0 Å². The second kappa shape index (κ2) is 6.10. The Hall–Kier alpha value is -1.85. The molecule has 5 nitrogen and oxygen atoms in total. The number of H-pyrrole nitrogens is 1. The van der Waals surface area contributed by atoms with E-state index in [1.165, 1.54) is 29.3 Å². The Labute approximate surface area is 153 Å². The lowest BCUT2D eigenvalue weighted by Crippen LogP contribution is -2.53. The number of fused-ring (bicyclic) bond motifs is 6. The SMILES string of the molecule is COC(=O)[C@H]1[C@H]2C[C@@H]3c4[nH]c5ccccc5c4CCN3C[C@@H]2CC[C@@H]1O. The number of benzene rings is 1. The van der Waals surface area contributed by atoms with Crippen LogP contribution in [0.15, 0.2) is 24.3 Å². The number of rotatable bonds is 1. The number of para-hydroxylation sites is 1. The van der Waals surface area contributed by atoms with Crippen molar-refractivity contribution >= 4 is 16.9 Å². The molecule has 1 aromatic carbocycles. The summed E-state index contributed by atoms with van der Waals surface area (Å²) >= 11 is 0. The van der Waals surface area contributed by atoms with Gasteiger partial charge >= 0.3 is 5.97 Å². The summed E-state index contributed by atoms with van der Waals surface area (Å²) in [6.07, 6.45) is 3.14. The second-order valence-corrected chi connectivity index (χ2v) is 8.18. The number of carbonyl (C=O) groups excluding carboxylic acids is 1. The Balaban J connectivity index is 1.52. The highest BCUT2D eigenvalue weighted by Gasteiger charge is 2.49. The number of hydrogen-bond acceptors (Lipinski definition) is 4. The molecule has 26 heavy (non-hydrogen) atoms. The standard InChI is InChI=1S/C21H26N2O3/c1-26-21(25)19-15-10-17-20-14(13-4-2-3-5-16(13)22-20)8-9-23(17)11-12(15)6-7-18(19)24/h2-5,12,15,17-19,22,24H,6-11H2,1H3/t12-,15-,17+,18-,19-/m0/s1. The van der Waals surface area contributed by atoms with Crippen molar-refractivity contribution in [1.29, 1.82) is 0 Å². The van der Waals surface area contributed by atoms with Gasteiger partial charge in [-0.3, -0.25) is 9.69 Å². The average molecular weight is 354 g/mol. The van der Waals surface area contributed by atoms with Crippen LogP contribution in [0, 0.1) is 17.8 Å². The fraction of sp³-hybridized carbons (Fsp3) is 0.571. The van der Waals surface area contributed by atoms with Crippen molar-refractivity contribution in [2.45, 2.75) is 37.8 Å². The molecule has 5 rings (SSSR count). The maximum absolute atomic E-state index is 12.4. The minimum atomic E-state index is -0.568. The van der Waals surface area contributed by atoms with E-state index in [2.05, 4.69) is 34.1 Å². The van der Waals surface area contributed by atoms with E-state index >= 15 is 0 Å². The van der Waals surface area contributed by atoms with Crippen molar-refractivity contribution in [3.05, 3.63) is 35.5 Å². The maximum atomic E-state index is 12.4. The van der Waals surface area contributed by atoms with Gasteiger partial charge in [-0.15, -0.1) is 0 Å². The molecule has 0 radical (unpaired) electrons. The Morgan fingerprint density at radius 3 is 3.00 bits per heavy atom. The number of piperidine rings is 1. The molecular formula is C21H26N2O3. The van der Waals surface area contributed by atoms with Crippen LogP contribution < -0.4 is 0 Å². The van der Waals surface area contributed by atoms with E-state index in [0.29, 0.717) is 18.4 Å². The first-order valence-electron chi connectivity index (χ1n) is 9.76. The topological polar surface area (TPSA) is 65.6 Å². The Kier molecular flexibility index (Phi) is 3.83. The summed E-state index contributed by atoms with van der Waals surface area (Å²) in [6.45, 7) is 2.10. The van der Waals surface area contributed by atoms with E-state index in [4.69, 9.17) is 4.74 Å². The highest BCUT2D eigenvalue weighted by molar-refractivity contribution is 5.85. The first-order valence-corrected chi connectivity index (χ1v) is 9.76. The number of aliphatic hydroxyl groups excluding tert-OH is 1. The lowest BCUT2D eigenvalue weighted by Gasteiger charge is -2.50. The molecule has 1 saturated carbocycles. The monoisotopic (exact) mass is 354 g/mol. The zero-order valence-corrected chi connectivity index (χ0v) is 15.1. The molecule has 2 N–H and O–H groups in total. The van der Waals surface area contributed by atoms with Gasteiger partial charge in [0.1, 0.15) is 0 Å². The molecule has 1 aromatic heterocycles. The average Bonchev–Trinajstić information content (AvgIpc) is 3.05. The normalized spacial score (nSPS) is 34.0. The van der Waals surface area contributed by atoms with Crippen molar-refractivity contribution in [2.75, 3.05) is 20.2 Å². The van der Waals surface area contributed by atoms with Gasteiger partial charge in [-0.25, -0.2) is 0 Å². The smallest absolute Gasteiger partial charge is 0.311 e. The molecule has 2 fully saturated rings. The van der Waals surface area contributed by atoms with Crippen molar-refractivity contribution < 1.29 is 14.6 Å². The third-order valence-corrected chi connectivity index (χ3v) is 7.02. The Morgan fingerprint density at radius 2 is 2.15 bits per heavy atom. The van der Waals surface area contributed by atoms with E-state index < -0.39 is 6.10 Å². The van der Waals surface area contributed by atoms with Crippen molar-refractivity contribution in [3.8, 4) is 0 Å². The summed E-state index contributed by atoms with van der Waals surface area (Å²) in [4.78, 5) is 18.6. The van der Waals surface area contributed by atoms with Gasteiger partial charge < -0.3 is 14.8 Å². The number of esters is 1. The van der Waals surface area contributed by atoms with Gasteiger partial charge in [-0.1, -0.05) is 18.2 Å². The summed E-state index contributed by atoms with van der Waals surface area (Å²) < 4.78 is 5.04. The molecule has 138 valence electrons. The zero-order valence-electron chi connectivity index (χ0n) is 15.1. The van der Waals surface area contributed by atoms with Gasteiger partial charge in [-0.2, -0.15) is 0 Å². The molecular weight excluding hydrogens is 328 g/mol. The van der Waals surface area contributed by atoms with Gasteiger partial charge in [0.05, 0.1) is 25.2 Å². The number of aromatic amines is 1. The lowest BCUT2D eigenvalue weighted by molar-refractivity contribution is -0.160. The van der Waals surface area contributed by atoms with Gasteiger partial charge in [0.25, 0.3) is 0 Å². The number of hydrogen-bond donors (Lipinski definition) is 2. The predicted octanol–water partition coefficient (Wildman–Crippen LogP) is 2.65. The third-order valence-electron chi connectivity index (χ3n) is 7.02. The van der Waals surface area contributed by atoms with Crippen LogP contribution in [0.3, 0.4) is 0 Å².